The molecule has 0 saturated carbocycles. The lowest BCUT2D eigenvalue weighted by atomic mass is 10.1. The molecule has 0 atom stereocenters. The van der Waals surface area contributed by atoms with Gasteiger partial charge in [0.25, 0.3) is 5.91 Å². The monoisotopic (exact) mass is 466 g/mol. The molecule has 0 spiro atoms. The van der Waals surface area contributed by atoms with Gasteiger partial charge in [-0.2, -0.15) is 0 Å². The van der Waals surface area contributed by atoms with Crippen LogP contribution >= 0.6 is 0 Å². The molecule has 1 aromatic heterocycles. The zero-order valence-corrected chi connectivity index (χ0v) is 19.4. The number of nitrogens with one attached hydrogen (secondary N) is 2. The Labute approximate surface area is 197 Å². The number of anilines is 1. The van der Waals surface area contributed by atoms with Crippen LogP contribution in [0.3, 0.4) is 0 Å². The molecule has 2 amide bonds. The third-order valence-corrected chi connectivity index (χ3v) is 5.13. The highest BCUT2D eigenvalue weighted by Crippen LogP contribution is 2.25. The fourth-order valence-corrected chi connectivity index (χ4v) is 3.55. The van der Waals surface area contributed by atoms with E-state index in [2.05, 4.69) is 10.6 Å². The summed E-state index contributed by atoms with van der Waals surface area (Å²) in [6, 6.07) is 13.5. The van der Waals surface area contributed by atoms with Crippen molar-refractivity contribution >= 4 is 23.5 Å². The highest BCUT2D eigenvalue weighted by atomic mass is 19.1. The van der Waals surface area contributed by atoms with E-state index in [-0.39, 0.29) is 25.3 Å². The second-order valence-corrected chi connectivity index (χ2v) is 8.01. The van der Waals surface area contributed by atoms with Gasteiger partial charge in [-0.1, -0.05) is 29.8 Å². The van der Waals surface area contributed by atoms with Gasteiger partial charge in [-0.25, -0.2) is 4.39 Å². The molecule has 0 aliphatic heterocycles. The van der Waals surface area contributed by atoms with Crippen molar-refractivity contribution in [3.05, 3.63) is 76.8 Å². The van der Waals surface area contributed by atoms with Gasteiger partial charge in [-0.05, 0) is 56.2 Å². The molecule has 0 aliphatic rings. The van der Waals surface area contributed by atoms with Crippen LogP contribution in [0, 0.1) is 26.6 Å². The highest BCUT2D eigenvalue weighted by molar-refractivity contribution is 5.96. The maximum atomic E-state index is 13.8. The largest absolute Gasteiger partial charge is 0.461 e. The van der Waals surface area contributed by atoms with E-state index < -0.39 is 24.3 Å². The van der Waals surface area contributed by atoms with Gasteiger partial charge < -0.3 is 19.8 Å². The zero-order valence-electron chi connectivity index (χ0n) is 19.4. The summed E-state index contributed by atoms with van der Waals surface area (Å²) in [5.41, 5.74) is 4.02. The molecular weight excluding hydrogens is 439 g/mol. The van der Waals surface area contributed by atoms with Crippen molar-refractivity contribution in [1.29, 1.82) is 0 Å². The van der Waals surface area contributed by atoms with Crippen LogP contribution in [0.1, 0.15) is 28.9 Å². The fraction of sp³-hybridized carbons (Fsp3) is 0.269. The average Bonchev–Trinajstić information content (AvgIpc) is 3.26. The van der Waals surface area contributed by atoms with Crippen LogP contribution in [0.2, 0.25) is 0 Å². The second-order valence-electron chi connectivity index (χ2n) is 8.01. The maximum Gasteiger partial charge on any atom is 0.306 e. The molecule has 3 aromatic rings. The van der Waals surface area contributed by atoms with Crippen LogP contribution in [0.4, 0.5) is 10.1 Å². The topological polar surface area (TPSA) is 97.6 Å². The molecule has 8 heteroatoms. The first-order chi connectivity index (χ1) is 16.2. The highest BCUT2D eigenvalue weighted by Gasteiger charge is 2.13. The third kappa shape index (κ3) is 6.78. The molecule has 0 aliphatic carbocycles. The molecule has 3 rings (SSSR count). The first-order valence-electron chi connectivity index (χ1n) is 10.9. The predicted octanol–water partition coefficient (Wildman–Crippen LogP) is 4.24. The minimum absolute atomic E-state index is 0.00995. The van der Waals surface area contributed by atoms with Crippen LogP contribution in [0.15, 0.2) is 52.9 Å². The molecule has 0 fully saturated rings. The number of benzene rings is 2. The van der Waals surface area contributed by atoms with Gasteiger partial charge >= 0.3 is 5.97 Å². The minimum Gasteiger partial charge on any atom is -0.461 e. The van der Waals surface area contributed by atoms with E-state index in [0.717, 1.165) is 16.7 Å². The quantitative estimate of drug-likeness (QED) is 0.460. The molecule has 1 heterocycles. The van der Waals surface area contributed by atoms with E-state index >= 15 is 0 Å². The number of aryl methyl sites for hydroxylation is 4. The molecule has 7 nitrogen and oxygen atoms in total. The van der Waals surface area contributed by atoms with Crippen molar-refractivity contribution < 1.29 is 27.9 Å². The first-order valence-corrected chi connectivity index (χ1v) is 10.9. The number of carbonyl (C=O) groups excluding carboxylic acids is 3. The molecule has 0 saturated heterocycles. The van der Waals surface area contributed by atoms with Gasteiger partial charge in [-0.3, -0.25) is 14.4 Å². The van der Waals surface area contributed by atoms with Crippen LogP contribution in [-0.2, 0) is 25.5 Å². The SMILES string of the molecule is Cc1cc(C)c(NC(=O)CNC(=O)COC(=O)CCc2ccc(-c3ccccc3F)o2)c(C)c1. The molecule has 2 aromatic carbocycles. The lowest BCUT2D eigenvalue weighted by Crippen LogP contribution is -2.35. The second kappa shape index (κ2) is 11.3. The summed E-state index contributed by atoms with van der Waals surface area (Å²) in [6.07, 6.45) is 0.233. The van der Waals surface area contributed by atoms with Crippen molar-refractivity contribution in [3.63, 3.8) is 0 Å². The molecule has 34 heavy (non-hydrogen) atoms. The molecule has 0 bridgehead atoms. The lowest BCUT2D eigenvalue weighted by Gasteiger charge is -2.13. The molecular formula is C26H27FN2O5. The van der Waals surface area contributed by atoms with E-state index in [0.29, 0.717) is 22.8 Å². The fourth-order valence-electron chi connectivity index (χ4n) is 3.55. The van der Waals surface area contributed by atoms with E-state index in [9.17, 15) is 18.8 Å². The van der Waals surface area contributed by atoms with Crippen LogP contribution in [-0.4, -0.2) is 30.9 Å². The molecule has 178 valence electrons. The van der Waals surface area contributed by atoms with Gasteiger partial charge in [-0.15, -0.1) is 0 Å². The average molecular weight is 467 g/mol. The van der Waals surface area contributed by atoms with E-state index in [1.807, 2.05) is 32.9 Å². The van der Waals surface area contributed by atoms with Crippen molar-refractivity contribution in [2.24, 2.45) is 0 Å². The smallest absolute Gasteiger partial charge is 0.306 e. The van der Waals surface area contributed by atoms with Gasteiger partial charge in [0.1, 0.15) is 17.3 Å². The number of esters is 1. The Morgan fingerprint density at radius 3 is 2.38 bits per heavy atom. The van der Waals surface area contributed by atoms with Crippen LogP contribution in [0.5, 0.6) is 0 Å². The van der Waals surface area contributed by atoms with Crippen molar-refractivity contribution in [3.8, 4) is 11.3 Å². The predicted molar refractivity (Wildman–Crippen MR) is 126 cm³/mol. The Morgan fingerprint density at radius 2 is 1.68 bits per heavy atom. The number of carbonyl (C=O) groups is 3. The Hall–Kier alpha value is -3.94. The first kappa shape index (κ1) is 24.7. The van der Waals surface area contributed by atoms with Crippen molar-refractivity contribution in [1.82, 2.24) is 5.32 Å². The molecule has 0 unspecified atom stereocenters. The number of halogens is 1. The number of amides is 2. The van der Waals surface area contributed by atoms with Gasteiger partial charge in [0, 0.05) is 12.1 Å². The number of hydrogen-bond acceptors (Lipinski definition) is 5. The van der Waals surface area contributed by atoms with Crippen molar-refractivity contribution in [2.45, 2.75) is 33.6 Å². The Balaban J connectivity index is 1.38. The Bertz CT molecular complexity index is 1180. The minimum atomic E-state index is -0.589. The van der Waals surface area contributed by atoms with Gasteiger partial charge in [0.05, 0.1) is 18.5 Å². The summed E-state index contributed by atoms with van der Waals surface area (Å²) in [5.74, 6) is -1.08. The summed E-state index contributed by atoms with van der Waals surface area (Å²) >= 11 is 0. The normalized spacial score (nSPS) is 10.6. The van der Waals surface area contributed by atoms with Gasteiger partial charge in [0.2, 0.25) is 5.91 Å². The van der Waals surface area contributed by atoms with Crippen molar-refractivity contribution in [2.75, 3.05) is 18.5 Å². The molecule has 2 N–H and O–H groups in total. The summed E-state index contributed by atoms with van der Waals surface area (Å²) in [7, 11) is 0. The summed E-state index contributed by atoms with van der Waals surface area (Å²) in [5, 5.41) is 5.21. The summed E-state index contributed by atoms with van der Waals surface area (Å²) < 4.78 is 24.4. The van der Waals surface area contributed by atoms with E-state index in [1.54, 1.807) is 30.3 Å². The van der Waals surface area contributed by atoms with Gasteiger partial charge in [0.15, 0.2) is 6.61 Å². The number of hydrogen-bond donors (Lipinski definition) is 2. The van der Waals surface area contributed by atoms with Crippen LogP contribution < -0.4 is 10.6 Å². The Kier molecular flexibility index (Phi) is 8.19. The van der Waals surface area contributed by atoms with E-state index in [4.69, 9.17) is 9.15 Å². The third-order valence-electron chi connectivity index (χ3n) is 5.13. The standard InChI is InChI=1S/C26H27FN2O5/c1-16-12-17(2)26(18(3)13-16)29-23(30)14-28-24(31)15-33-25(32)11-9-19-8-10-22(34-19)20-6-4-5-7-21(20)27/h4-8,10,12-13H,9,11,14-15H2,1-3H3,(H,28,31)(H,29,30). The summed E-state index contributed by atoms with van der Waals surface area (Å²) in [4.78, 5) is 36.0. The zero-order chi connectivity index (χ0) is 24.7. The number of furan rings is 1. The maximum absolute atomic E-state index is 13.8. The van der Waals surface area contributed by atoms with Crippen LogP contribution in [0.25, 0.3) is 11.3 Å². The number of rotatable bonds is 9. The van der Waals surface area contributed by atoms with E-state index in [1.165, 1.54) is 6.07 Å². The molecule has 0 radical (unpaired) electrons. The number of ether oxygens (including phenoxy) is 1. The summed E-state index contributed by atoms with van der Waals surface area (Å²) in [6.45, 7) is 5.04. The lowest BCUT2D eigenvalue weighted by molar-refractivity contribution is -0.148. The Morgan fingerprint density at radius 1 is 0.971 bits per heavy atom.